The lowest BCUT2D eigenvalue weighted by molar-refractivity contribution is -0.116. The van der Waals surface area contributed by atoms with E-state index in [0.29, 0.717) is 59.4 Å². The van der Waals surface area contributed by atoms with Crippen LogP contribution in [0, 0.1) is 5.92 Å². The van der Waals surface area contributed by atoms with Crippen LogP contribution in [0.15, 0.2) is 90.5 Å². The van der Waals surface area contributed by atoms with E-state index in [1.807, 2.05) is 50.4 Å². The summed E-state index contributed by atoms with van der Waals surface area (Å²) in [6.07, 6.45) is 19.3. The lowest BCUT2D eigenvalue weighted by atomic mass is 9.97. The van der Waals surface area contributed by atoms with Crippen molar-refractivity contribution in [1.82, 2.24) is 30.4 Å². The number of hydrogen-bond donors (Lipinski definition) is 5. The second-order valence-electron chi connectivity index (χ2n) is 15.6. The van der Waals surface area contributed by atoms with Crippen molar-refractivity contribution in [2.24, 2.45) is 11.7 Å². The van der Waals surface area contributed by atoms with Crippen molar-refractivity contribution < 1.29 is 19.2 Å². The van der Waals surface area contributed by atoms with E-state index < -0.39 is 0 Å². The number of carbonyl (C=O) groups excluding carboxylic acids is 4. The van der Waals surface area contributed by atoms with Crippen molar-refractivity contribution >= 4 is 35.8 Å². The monoisotopic (exact) mass is 808 g/mol. The fourth-order valence-corrected chi connectivity index (χ4v) is 7.75. The first kappa shape index (κ1) is 46.4. The van der Waals surface area contributed by atoms with E-state index in [1.165, 1.54) is 82.9 Å². The number of pyridine rings is 2. The molecule has 2 aliphatic heterocycles. The molecule has 0 spiro atoms. The Balaban J connectivity index is 0.000000207. The van der Waals surface area contributed by atoms with Crippen molar-refractivity contribution in [1.29, 1.82) is 0 Å². The quantitative estimate of drug-likeness (QED) is 0.128. The molecule has 3 aromatic rings. The van der Waals surface area contributed by atoms with Crippen LogP contribution in [0.5, 0.6) is 0 Å². The zero-order valence-electron chi connectivity index (χ0n) is 35.5. The molecule has 6 N–H and O–H groups in total. The SMILES string of the molecule is CC1C=CC(NC(=O)c2ccc(NC(=O)CCN3C(C)CCCC3C)cn2)=C1N.CNCC1CCN1C1CCCC1.CNc1ccccc1.O=Cc1ccc(C=O)nc1. The van der Waals surface area contributed by atoms with E-state index in [0.717, 1.165) is 24.3 Å². The summed E-state index contributed by atoms with van der Waals surface area (Å²) in [5.74, 6) is -0.253. The zero-order chi connectivity index (χ0) is 42.6. The molecule has 1 saturated carbocycles. The van der Waals surface area contributed by atoms with Crippen LogP contribution in [0.3, 0.4) is 0 Å². The van der Waals surface area contributed by atoms with Crippen LogP contribution in [-0.2, 0) is 4.79 Å². The Morgan fingerprint density at radius 3 is 2.05 bits per heavy atom. The summed E-state index contributed by atoms with van der Waals surface area (Å²) in [7, 11) is 3.97. The van der Waals surface area contributed by atoms with Gasteiger partial charge in [-0.2, -0.15) is 0 Å². The molecule has 0 radical (unpaired) electrons. The van der Waals surface area contributed by atoms with Gasteiger partial charge in [0.05, 0.1) is 17.6 Å². The number of nitrogens with two attached hydrogens (primary N) is 1. The molecular weight excluding hydrogens is 743 g/mol. The molecule has 2 saturated heterocycles. The first-order valence-electron chi connectivity index (χ1n) is 21.1. The van der Waals surface area contributed by atoms with E-state index in [4.69, 9.17) is 5.73 Å². The van der Waals surface area contributed by atoms with Crippen molar-refractivity contribution in [3.63, 3.8) is 0 Å². The Morgan fingerprint density at radius 1 is 0.814 bits per heavy atom. The van der Waals surface area contributed by atoms with Crippen LogP contribution in [0.2, 0.25) is 0 Å². The first-order valence-corrected chi connectivity index (χ1v) is 21.1. The van der Waals surface area contributed by atoms with Gasteiger partial charge in [-0.15, -0.1) is 0 Å². The van der Waals surface area contributed by atoms with E-state index in [2.05, 4.69) is 61.9 Å². The van der Waals surface area contributed by atoms with E-state index in [9.17, 15) is 19.2 Å². The number of aromatic nitrogens is 2. The van der Waals surface area contributed by atoms with Gasteiger partial charge in [-0.1, -0.05) is 50.5 Å². The topological polar surface area (TPSA) is 175 Å². The number of benzene rings is 1. The number of aldehydes is 2. The molecule has 2 amide bonds. The fraction of sp³-hybridized carbons (Fsp3) is 0.478. The molecule has 4 unspecified atom stereocenters. The summed E-state index contributed by atoms with van der Waals surface area (Å²) in [6, 6.07) is 19.2. The third kappa shape index (κ3) is 14.8. The van der Waals surface area contributed by atoms with Crippen molar-refractivity contribution in [3.05, 3.63) is 107 Å². The Labute approximate surface area is 350 Å². The number of amides is 2. The number of carbonyl (C=O) groups is 4. The highest BCUT2D eigenvalue weighted by Gasteiger charge is 2.34. The minimum absolute atomic E-state index is 0.0445. The van der Waals surface area contributed by atoms with Gasteiger partial charge < -0.3 is 27.0 Å². The van der Waals surface area contributed by atoms with Gasteiger partial charge >= 0.3 is 0 Å². The van der Waals surface area contributed by atoms with Gasteiger partial charge in [-0.05, 0) is 95.5 Å². The predicted molar refractivity (Wildman–Crippen MR) is 236 cm³/mol. The molecule has 0 bridgehead atoms. The Kier molecular flexibility index (Phi) is 19.4. The van der Waals surface area contributed by atoms with Crippen molar-refractivity contribution in [2.45, 2.75) is 103 Å². The number of anilines is 2. The number of rotatable bonds is 12. The average molecular weight is 808 g/mol. The molecular formula is C46H65N9O4. The number of likely N-dealkylation sites (tertiary alicyclic amines) is 2. The van der Waals surface area contributed by atoms with Crippen LogP contribution in [0.25, 0.3) is 0 Å². The standard InChI is InChI=1S/C22H31N5O2.C10H20N2.C7H5NO2.C7H9N/c1-14-7-9-18(21(14)23)26-22(29)19-10-8-17(13-24-19)25-20(28)11-12-27-15(2)5-4-6-16(27)3;1-11-8-10-6-7-12(10)9-4-2-3-5-9;9-4-6-1-2-7(5-10)8-3-6;1-8-7-5-3-2-4-6-7/h7-10,13-16H,4-6,11-12,23H2,1-3H3,(H,25,28)(H,26,29);9-11H,2-8H2,1H3;1-5H;2-6,8H,1H3. The summed E-state index contributed by atoms with van der Waals surface area (Å²) in [4.78, 5) is 57.7. The molecule has 2 aromatic heterocycles. The van der Waals surface area contributed by atoms with Crippen molar-refractivity contribution in [3.8, 4) is 0 Å². The Bertz CT molecular complexity index is 1780. The summed E-state index contributed by atoms with van der Waals surface area (Å²) < 4.78 is 0. The van der Waals surface area contributed by atoms with Crippen LogP contribution in [0.4, 0.5) is 11.4 Å². The van der Waals surface area contributed by atoms with Crippen LogP contribution < -0.4 is 27.0 Å². The number of allylic oxidation sites excluding steroid dienone is 2. The molecule has 318 valence electrons. The summed E-state index contributed by atoms with van der Waals surface area (Å²) >= 11 is 0. The Hall–Kier alpha value is -5.24. The van der Waals surface area contributed by atoms with Gasteiger partial charge in [0.15, 0.2) is 12.6 Å². The maximum atomic E-state index is 12.3. The van der Waals surface area contributed by atoms with Gasteiger partial charge in [-0.25, -0.2) is 4.98 Å². The minimum atomic E-state index is -0.326. The third-order valence-electron chi connectivity index (χ3n) is 11.4. The maximum absolute atomic E-state index is 12.3. The molecule has 13 heteroatoms. The molecule has 4 aliphatic rings. The first-order chi connectivity index (χ1) is 28.6. The molecule has 3 fully saturated rings. The van der Waals surface area contributed by atoms with Crippen LogP contribution in [-0.4, -0.2) is 102 Å². The average Bonchev–Trinajstić information content (AvgIpc) is 3.89. The van der Waals surface area contributed by atoms with E-state index >= 15 is 0 Å². The number of hydrogen-bond acceptors (Lipinski definition) is 11. The fourth-order valence-electron chi connectivity index (χ4n) is 7.75. The largest absolute Gasteiger partial charge is 0.400 e. The van der Waals surface area contributed by atoms with Gasteiger partial charge in [-0.3, -0.25) is 34.0 Å². The second kappa shape index (κ2) is 24.6. The number of nitrogens with one attached hydrogen (secondary N) is 4. The molecule has 2 aliphatic carbocycles. The third-order valence-corrected chi connectivity index (χ3v) is 11.4. The highest BCUT2D eigenvalue weighted by Crippen LogP contribution is 2.30. The Morgan fingerprint density at radius 2 is 1.54 bits per heavy atom. The van der Waals surface area contributed by atoms with Gasteiger partial charge in [0.1, 0.15) is 11.4 Å². The lowest BCUT2D eigenvalue weighted by Gasteiger charge is -2.45. The van der Waals surface area contributed by atoms with Gasteiger partial charge in [0.25, 0.3) is 5.91 Å². The molecule has 59 heavy (non-hydrogen) atoms. The lowest BCUT2D eigenvalue weighted by Crippen LogP contribution is -2.55. The summed E-state index contributed by atoms with van der Waals surface area (Å²) in [5, 5.41) is 11.9. The number of nitrogens with zero attached hydrogens (tertiary/aromatic N) is 4. The number of piperidine rings is 1. The zero-order valence-corrected chi connectivity index (χ0v) is 35.5. The smallest absolute Gasteiger partial charge is 0.274 e. The normalized spacial score (nSPS) is 21.3. The minimum Gasteiger partial charge on any atom is -0.400 e. The predicted octanol–water partition coefficient (Wildman–Crippen LogP) is 6.44. The van der Waals surface area contributed by atoms with Crippen LogP contribution >= 0.6 is 0 Å². The molecule has 13 nitrogen and oxygen atoms in total. The maximum Gasteiger partial charge on any atom is 0.274 e. The van der Waals surface area contributed by atoms with E-state index in [1.54, 1.807) is 24.3 Å². The summed E-state index contributed by atoms with van der Waals surface area (Å²) in [6.45, 7) is 9.73. The molecule has 4 heterocycles. The van der Waals surface area contributed by atoms with Gasteiger partial charge in [0.2, 0.25) is 5.91 Å². The molecule has 4 atom stereocenters. The second-order valence-corrected chi connectivity index (χ2v) is 15.6. The van der Waals surface area contributed by atoms with Crippen molar-refractivity contribution in [2.75, 3.05) is 44.4 Å². The molecule has 1 aromatic carbocycles. The highest BCUT2D eigenvalue weighted by atomic mass is 16.2. The molecule has 7 rings (SSSR count). The number of para-hydroxylation sites is 1. The number of likely N-dealkylation sites (N-methyl/N-ethyl adjacent to an activating group) is 1. The van der Waals surface area contributed by atoms with Crippen LogP contribution in [0.1, 0.15) is 110 Å². The summed E-state index contributed by atoms with van der Waals surface area (Å²) in [5.41, 5.74) is 10.0. The van der Waals surface area contributed by atoms with Gasteiger partial charge in [0, 0.05) is 86.3 Å². The van der Waals surface area contributed by atoms with E-state index in [-0.39, 0.29) is 23.4 Å². The highest BCUT2D eigenvalue weighted by molar-refractivity contribution is 5.95.